The van der Waals surface area contributed by atoms with Gasteiger partial charge in [-0.15, -0.1) is 0 Å². The zero-order valence-electron chi connectivity index (χ0n) is 11.4. The summed E-state index contributed by atoms with van der Waals surface area (Å²) in [5.74, 6) is -0.503. The van der Waals surface area contributed by atoms with Crippen LogP contribution in [0.5, 0.6) is 0 Å². The number of amides is 2. The van der Waals surface area contributed by atoms with Crippen molar-refractivity contribution in [2.75, 3.05) is 6.54 Å². The average Bonchev–Trinajstić information content (AvgIpc) is 2.26. The summed E-state index contributed by atoms with van der Waals surface area (Å²) < 4.78 is 0. The van der Waals surface area contributed by atoms with Gasteiger partial charge in [-0.1, -0.05) is 19.3 Å². The van der Waals surface area contributed by atoms with Gasteiger partial charge in [-0.25, -0.2) is 0 Å². The maximum absolute atomic E-state index is 11.8. The van der Waals surface area contributed by atoms with Crippen LogP contribution in [0.3, 0.4) is 0 Å². The molecule has 0 aromatic carbocycles. The van der Waals surface area contributed by atoms with Crippen molar-refractivity contribution >= 4 is 11.8 Å². The minimum Gasteiger partial charge on any atom is -0.369 e. The van der Waals surface area contributed by atoms with Crippen molar-refractivity contribution in [3.05, 3.63) is 0 Å². The molecule has 5 nitrogen and oxygen atoms in total. The van der Waals surface area contributed by atoms with Gasteiger partial charge in [0.05, 0.1) is 5.41 Å². The molecule has 1 rings (SSSR count). The Hall–Kier alpha value is -1.10. The van der Waals surface area contributed by atoms with Gasteiger partial charge < -0.3 is 16.8 Å². The van der Waals surface area contributed by atoms with Crippen molar-refractivity contribution in [2.24, 2.45) is 16.9 Å². The Morgan fingerprint density at radius 2 is 1.78 bits per heavy atom. The standard InChI is InChI=1S/C13H25N3O2/c1-12(2,11(14)18)9-16-10(17)8-13(15)6-4-3-5-7-13/h3-9,15H2,1-2H3,(H2,14,18)(H,16,17). The van der Waals surface area contributed by atoms with E-state index in [1.54, 1.807) is 13.8 Å². The smallest absolute Gasteiger partial charge is 0.224 e. The number of hydrogen-bond donors (Lipinski definition) is 3. The van der Waals surface area contributed by atoms with E-state index in [9.17, 15) is 9.59 Å². The highest BCUT2D eigenvalue weighted by Gasteiger charge is 2.31. The Morgan fingerprint density at radius 1 is 1.22 bits per heavy atom. The van der Waals surface area contributed by atoms with Gasteiger partial charge in [-0.05, 0) is 26.7 Å². The summed E-state index contributed by atoms with van der Waals surface area (Å²) in [7, 11) is 0. The molecule has 0 atom stereocenters. The van der Waals surface area contributed by atoms with Gasteiger partial charge in [0.2, 0.25) is 11.8 Å². The normalized spacial score (nSPS) is 19.3. The monoisotopic (exact) mass is 255 g/mol. The minimum atomic E-state index is -0.718. The molecule has 2 amide bonds. The van der Waals surface area contributed by atoms with Crippen molar-refractivity contribution in [1.82, 2.24) is 5.32 Å². The third-order valence-corrected chi connectivity index (χ3v) is 3.76. The lowest BCUT2D eigenvalue weighted by molar-refractivity contribution is -0.127. The first-order chi connectivity index (χ1) is 8.25. The van der Waals surface area contributed by atoms with Gasteiger partial charge in [-0.2, -0.15) is 0 Å². The van der Waals surface area contributed by atoms with E-state index in [0.717, 1.165) is 25.7 Å². The number of carbonyl (C=O) groups excluding carboxylic acids is 2. The zero-order chi connectivity index (χ0) is 13.8. The molecule has 0 aromatic heterocycles. The molecule has 0 saturated heterocycles. The zero-order valence-corrected chi connectivity index (χ0v) is 11.4. The molecule has 1 aliphatic carbocycles. The SMILES string of the molecule is CC(C)(CNC(=O)CC1(N)CCCCC1)C(N)=O. The average molecular weight is 255 g/mol. The van der Waals surface area contributed by atoms with Gasteiger partial charge in [0.15, 0.2) is 0 Å². The lowest BCUT2D eigenvalue weighted by atomic mass is 9.80. The fourth-order valence-electron chi connectivity index (χ4n) is 2.22. The van der Waals surface area contributed by atoms with Gasteiger partial charge in [0, 0.05) is 18.5 Å². The number of nitrogens with two attached hydrogens (primary N) is 2. The lowest BCUT2D eigenvalue weighted by Crippen LogP contribution is -2.48. The van der Waals surface area contributed by atoms with Crippen LogP contribution in [-0.2, 0) is 9.59 Å². The third kappa shape index (κ3) is 4.29. The Morgan fingerprint density at radius 3 is 2.28 bits per heavy atom. The van der Waals surface area contributed by atoms with E-state index < -0.39 is 11.3 Å². The van der Waals surface area contributed by atoms with Crippen molar-refractivity contribution in [3.8, 4) is 0 Å². The van der Waals surface area contributed by atoms with E-state index in [2.05, 4.69) is 5.32 Å². The van der Waals surface area contributed by atoms with Crippen LogP contribution in [0, 0.1) is 5.41 Å². The molecule has 1 fully saturated rings. The van der Waals surface area contributed by atoms with Gasteiger partial charge >= 0.3 is 0 Å². The molecule has 18 heavy (non-hydrogen) atoms. The molecule has 5 N–H and O–H groups in total. The minimum absolute atomic E-state index is 0.0891. The number of hydrogen-bond acceptors (Lipinski definition) is 3. The van der Waals surface area contributed by atoms with Crippen LogP contribution in [0.2, 0.25) is 0 Å². The van der Waals surface area contributed by atoms with E-state index in [4.69, 9.17) is 11.5 Å². The highest BCUT2D eigenvalue weighted by Crippen LogP contribution is 2.28. The first-order valence-electron chi connectivity index (χ1n) is 6.61. The molecular weight excluding hydrogens is 230 g/mol. The number of primary amides is 1. The van der Waals surface area contributed by atoms with Crippen LogP contribution in [0.4, 0.5) is 0 Å². The Labute approximate surface area is 109 Å². The summed E-state index contributed by atoms with van der Waals surface area (Å²) in [5.41, 5.74) is 10.4. The van der Waals surface area contributed by atoms with Crippen LogP contribution < -0.4 is 16.8 Å². The lowest BCUT2D eigenvalue weighted by Gasteiger charge is -2.33. The molecule has 1 saturated carbocycles. The number of rotatable bonds is 5. The Bertz CT molecular complexity index is 320. The Kier molecular flexibility index (Phi) is 4.73. The summed E-state index contributed by atoms with van der Waals surface area (Å²) in [6.45, 7) is 3.69. The van der Waals surface area contributed by atoms with Crippen molar-refractivity contribution in [2.45, 2.75) is 57.9 Å². The molecule has 0 bridgehead atoms. The van der Waals surface area contributed by atoms with E-state index in [1.807, 2.05) is 0 Å². The maximum atomic E-state index is 11.8. The summed E-state index contributed by atoms with van der Waals surface area (Å²) in [6, 6.07) is 0. The number of carbonyl (C=O) groups is 2. The van der Waals surface area contributed by atoms with Gasteiger partial charge in [0.25, 0.3) is 0 Å². The molecule has 0 unspecified atom stereocenters. The summed E-state index contributed by atoms with van der Waals surface area (Å²) >= 11 is 0. The highest BCUT2D eigenvalue weighted by molar-refractivity contribution is 5.82. The van der Waals surface area contributed by atoms with Crippen LogP contribution >= 0.6 is 0 Å². The van der Waals surface area contributed by atoms with Crippen molar-refractivity contribution < 1.29 is 9.59 Å². The summed E-state index contributed by atoms with van der Waals surface area (Å²) in [4.78, 5) is 23.0. The van der Waals surface area contributed by atoms with Crippen LogP contribution in [0.25, 0.3) is 0 Å². The fraction of sp³-hybridized carbons (Fsp3) is 0.846. The van der Waals surface area contributed by atoms with E-state index in [0.29, 0.717) is 6.42 Å². The molecular formula is C13H25N3O2. The van der Waals surface area contributed by atoms with Gasteiger partial charge in [-0.3, -0.25) is 9.59 Å². The topological polar surface area (TPSA) is 98.2 Å². The summed E-state index contributed by atoms with van der Waals surface area (Å²) in [5, 5.41) is 2.76. The van der Waals surface area contributed by atoms with E-state index in [1.165, 1.54) is 6.42 Å². The third-order valence-electron chi connectivity index (χ3n) is 3.76. The molecule has 0 radical (unpaired) electrons. The van der Waals surface area contributed by atoms with Crippen molar-refractivity contribution in [1.29, 1.82) is 0 Å². The predicted octanol–water partition coefficient (Wildman–Crippen LogP) is 0.666. The first-order valence-corrected chi connectivity index (χ1v) is 6.61. The quantitative estimate of drug-likeness (QED) is 0.673. The number of nitrogens with one attached hydrogen (secondary N) is 1. The predicted molar refractivity (Wildman–Crippen MR) is 70.6 cm³/mol. The van der Waals surface area contributed by atoms with E-state index in [-0.39, 0.29) is 18.0 Å². The molecule has 0 heterocycles. The molecule has 0 aromatic rings. The molecule has 5 heteroatoms. The second-order valence-electron chi connectivity index (χ2n) is 6.12. The molecule has 1 aliphatic rings. The molecule has 0 aliphatic heterocycles. The second kappa shape index (κ2) is 5.69. The van der Waals surface area contributed by atoms with Crippen molar-refractivity contribution in [3.63, 3.8) is 0 Å². The largest absolute Gasteiger partial charge is 0.369 e. The second-order valence-corrected chi connectivity index (χ2v) is 6.12. The van der Waals surface area contributed by atoms with Crippen LogP contribution in [-0.4, -0.2) is 23.9 Å². The first kappa shape index (κ1) is 15.0. The molecule has 104 valence electrons. The highest BCUT2D eigenvalue weighted by atomic mass is 16.2. The molecule has 0 spiro atoms. The van der Waals surface area contributed by atoms with Crippen LogP contribution in [0.15, 0.2) is 0 Å². The maximum Gasteiger partial charge on any atom is 0.224 e. The Balaban J connectivity index is 2.40. The fourth-order valence-corrected chi connectivity index (χ4v) is 2.22. The van der Waals surface area contributed by atoms with E-state index >= 15 is 0 Å². The van der Waals surface area contributed by atoms with Crippen LogP contribution in [0.1, 0.15) is 52.4 Å². The van der Waals surface area contributed by atoms with Gasteiger partial charge in [0.1, 0.15) is 0 Å². The summed E-state index contributed by atoms with van der Waals surface area (Å²) in [6.07, 6.45) is 5.53.